The van der Waals surface area contributed by atoms with Crippen molar-refractivity contribution < 1.29 is 13.2 Å². The molecule has 1 fully saturated rings. The zero-order chi connectivity index (χ0) is 21.6. The van der Waals surface area contributed by atoms with Gasteiger partial charge in [-0.2, -0.15) is 0 Å². The number of guanidine groups is 1. The number of methoxy groups -OCH3 is 1. The number of piperazine rings is 1. The van der Waals surface area contributed by atoms with Crippen molar-refractivity contribution >= 4 is 45.6 Å². The van der Waals surface area contributed by atoms with Crippen LogP contribution in [0.15, 0.2) is 58.4 Å². The fourth-order valence-corrected chi connectivity index (χ4v) is 4.12. The van der Waals surface area contributed by atoms with E-state index in [2.05, 4.69) is 37.0 Å². The van der Waals surface area contributed by atoms with Crippen LogP contribution in [0.2, 0.25) is 0 Å². The number of anilines is 1. The lowest BCUT2D eigenvalue weighted by molar-refractivity contribution is 0.372. The summed E-state index contributed by atoms with van der Waals surface area (Å²) in [6, 6.07) is 15.0. The number of hydrogen-bond donors (Lipinski definition) is 2. The third-order valence-electron chi connectivity index (χ3n) is 5.18. The van der Waals surface area contributed by atoms with Crippen molar-refractivity contribution in [1.29, 1.82) is 0 Å². The highest BCUT2D eigenvalue weighted by molar-refractivity contribution is 14.0. The van der Waals surface area contributed by atoms with Crippen molar-refractivity contribution in [3.63, 3.8) is 0 Å². The molecule has 0 radical (unpaired) electrons. The highest BCUT2D eigenvalue weighted by Gasteiger charge is 2.20. The SMILES string of the molecule is CN=C(NCc1ccc(S(=O)(=O)NC)cc1)N1CCN(c2ccc(OC)cc2)CC1.I. The van der Waals surface area contributed by atoms with E-state index in [-0.39, 0.29) is 28.9 Å². The Hall–Kier alpha value is -2.05. The molecule has 1 heterocycles. The Balaban J connectivity index is 0.00000341. The van der Waals surface area contributed by atoms with E-state index >= 15 is 0 Å². The normalized spacial score (nSPS) is 14.7. The van der Waals surface area contributed by atoms with Crippen LogP contribution in [-0.2, 0) is 16.6 Å². The Kier molecular flexibility index (Phi) is 9.38. The molecule has 8 nitrogen and oxygen atoms in total. The quantitative estimate of drug-likeness (QED) is 0.321. The van der Waals surface area contributed by atoms with Crippen molar-refractivity contribution in [1.82, 2.24) is 14.9 Å². The number of benzene rings is 2. The van der Waals surface area contributed by atoms with Crippen molar-refractivity contribution in [3.8, 4) is 5.75 Å². The molecule has 0 amide bonds. The van der Waals surface area contributed by atoms with Crippen LogP contribution in [0.3, 0.4) is 0 Å². The predicted molar refractivity (Wildman–Crippen MR) is 135 cm³/mol. The average molecular weight is 559 g/mol. The van der Waals surface area contributed by atoms with Gasteiger partial charge in [0.1, 0.15) is 5.75 Å². The van der Waals surface area contributed by atoms with Crippen molar-refractivity contribution in [2.24, 2.45) is 4.99 Å². The van der Waals surface area contributed by atoms with Gasteiger partial charge < -0.3 is 19.9 Å². The van der Waals surface area contributed by atoms with Gasteiger partial charge in [0.15, 0.2) is 5.96 Å². The minimum atomic E-state index is -3.41. The zero-order valence-electron chi connectivity index (χ0n) is 18.0. The topological polar surface area (TPSA) is 86.3 Å². The first-order chi connectivity index (χ1) is 14.5. The van der Waals surface area contributed by atoms with Crippen LogP contribution in [0.1, 0.15) is 5.56 Å². The molecule has 31 heavy (non-hydrogen) atoms. The predicted octanol–water partition coefficient (Wildman–Crippen LogP) is 2.12. The van der Waals surface area contributed by atoms with Gasteiger partial charge in [0.2, 0.25) is 10.0 Å². The molecule has 0 spiro atoms. The van der Waals surface area contributed by atoms with Crippen LogP contribution in [-0.4, -0.2) is 66.7 Å². The third kappa shape index (κ3) is 6.47. The van der Waals surface area contributed by atoms with Crippen LogP contribution in [0.25, 0.3) is 0 Å². The Bertz CT molecular complexity index is 958. The maximum atomic E-state index is 11.8. The van der Waals surface area contributed by atoms with Gasteiger partial charge in [-0.15, -0.1) is 24.0 Å². The summed E-state index contributed by atoms with van der Waals surface area (Å²) in [6.07, 6.45) is 0. The molecule has 0 unspecified atom stereocenters. The summed E-state index contributed by atoms with van der Waals surface area (Å²) in [5.41, 5.74) is 2.18. The van der Waals surface area contributed by atoms with Crippen molar-refractivity contribution in [2.45, 2.75) is 11.4 Å². The Morgan fingerprint density at radius 3 is 2.16 bits per heavy atom. The fourth-order valence-electron chi connectivity index (χ4n) is 3.39. The molecule has 2 aromatic rings. The summed E-state index contributed by atoms with van der Waals surface area (Å²) in [7, 11) is 1.44. The molecule has 3 rings (SSSR count). The summed E-state index contributed by atoms with van der Waals surface area (Å²) in [4.78, 5) is 9.25. The molecule has 1 saturated heterocycles. The van der Waals surface area contributed by atoms with Crippen LogP contribution >= 0.6 is 24.0 Å². The molecule has 1 aliphatic rings. The number of nitrogens with zero attached hydrogens (tertiary/aromatic N) is 3. The largest absolute Gasteiger partial charge is 0.497 e. The summed E-state index contributed by atoms with van der Waals surface area (Å²) >= 11 is 0. The van der Waals surface area contributed by atoms with Gasteiger partial charge in [-0.1, -0.05) is 12.1 Å². The maximum absolute atomic E-state index is 11.8. The smallest absolute Gasteiger partial charge is 0.240 e. The fraction of sp³-hybridized carbons (Fsp3) is 0.381. The molecule has 0 aliphatic carbocycles. The lowest BCUT2D eigenvalue weighted by atomic mass is 10.2. The Labute approximate surface area is 201 Å². The second kappa shape index (κ2) is 11.5. The number of halogens is 1. The van der Waals surface area contributed by atoms with Gasteiger partial charge in [-0.25, -0.2) is 13.1 Å². The number of nitrogens with one attached hydrogen (secondary N) is 2. The van der Waals surface area contributed by atoms with Gasteiger partial charge in [-0.3, -0.25) is 4.99 Å². The van der Waals surface area contributed by atoms with E-state index in [1.807, 2.05) is 24.3 Å². The van der Waals surface area contributed by atoms with E-state index < -0.39 is 10.0 Å². The average Bonchev–Trinajstić information content (AvgIpc) is 2.80. The first-order valence-corrected chi connectivity index (χ1v) is 11.3. The molecule has 0 aromatic heterocycles. The molecule has 1 aliphatic heterocycles. The lowest BCUT2D eigenvalue weighted by Crippen LogP contribution is -2.52. The number of aliphatic imine (C=N–C) groups is 1. The molecule has 2 aromatic carbocycles. The van der Waals surface area contributed by atoms with Crippen molar-refractivity contribution in [2.75, 3.05) is 52.3 Å². The summed E-state index contributed by atoms with van der Waals surface area (Å²) in [6.45, 7) is 4.12. The lowest BCUT2D eigenvalue weighted by Gasteiger charge is -2.37. The van der Waals surface area contributed by atoms with E-state index in [4.69, 9.17) is 4.74 Å². The van der Waals surface area contributed by atoms with Crippen LogP contribution in [0.5, 0.6) is 5.75 Å². The number of sulfonamides is 1. The highest BCUT2D eigenvalue weighted by atomic mass is 127. The van der Waals surface area contributed by atoms with E-state index in [9.17, 15) is 8.42 Å². The minimum Gasteiger partial charge on any atom is -0.497 e. The number of hydrogen-bond acceptors (Lipinski definition) is 5. The van der Waals surface area contributed by atoms with Gasteiger partial charge in [0.25, 0.3) is 0 Å². The molecule has 170 valence electrons. The molecule has 2 N–H and O–H groups in total. The molecule has 0 atom stereocenters. The first kappa shape index (κ1) is 25.2. The van der Waals surface area contributed by atoms with Crippen LogP contribution in [0, 0.1) is 0 Å². The molecular formula is C21H30IN5O3S. The molecule has 0 bridgehead atoms. The zero-order valence-corrected chi connectivity index (χ0v) is 21.2. The number of ether oxygens (including phenoxy) is 1. The second-order valence-corrected chi connectivity index (χ2v) is 8.81. The minimum absolute atomic E-state index is 0. The first-order valence-electron chi connectivity index (χ1n) is 9.84. The monoisotopic (exact) mass is 559 g/mol. The van der Waals surface area contributed by atoms with Crippen molar-refractivity contribution in [3.05, 3.63) is 54.1 Å². The summed E-state index contributed by atoms with van der Waals surface area (Å²) < 4.78 is 31.2. The summed E-state index contributed by atoms with van der Waals surface area (Å²) in [5, 5.41) is 3.37. The maximum Gasteiger partial charge on any atom is 0.240 e. The Morgan fingerprint density at radius 1 is 1.03 bits per heavy atom. The molecular weight excluding hydrogens is 529 g/mol. The van der Waals surface area contributed by atoms with Gasteiger partial charge in [0.05, 0.1) is 12.0 Å². The van der Waals surface area contributed by atoms with Gasteiger partial charge in [0, 0.05) is 45.5 Å². The van der Waals surface area contributed by atoms with E-state index in [1.54, 1.807) is 26.3 Å². The number of rotatable bonds is 6. The molecule has 10 heteroatoms. The van der Waals surface area contributed by atoms with E-state index in [0.717, 1.165) is 43.5 Å². The summed E-state index contributed by atoms with van der Waals surface area (Å²) in [5.74, 6) is 1.70. The standard InChI is InChI=1S/C21H29N5O3S.HI/c1-22-21(24-16-17-4-10-20(11-5-17)30(27,28)23-2)26-14-12-25(13-15-26)18-6-8-19(29-3)9-7-18;/h4-11,23H,12-16H2,1-3H3,(H,22,24);1H. The Morgan fingerprint density at radius 2 is 1.65 bits per heavy atom. The molecule has 0 saturated carbocycles. The van der Waals surface area contributed by atoms with Gasteiger partial charge in [-0.05, 0) is 49.0 Å². The van der Waals surface area contributed by atoms with Crippen LogP contribution in [0.4, 0.5) is 5.69 Å². The van der Waals surface area contributed by atoms with Gasteiger partial charge >= 0.3 is 0 Å². The van der Waals surface area contributed by atoms with Crippen LogP contribution < -0.4 is 19.7 Å². The second-order valence-electron chi connectivity index (χ2n) is 6.92. The van der Waals surface area contributed by atoms with E-state index in [1.165, 1.54) is 12.7 Å². The third-order valence-corrected chi connectivity index (χ3v) is 6.61. The van der Waals surface area contributed by atoms with E-state index in [0.29, 0.717) is 6.54 Å². The highest BCUT2D eigenvalue weighted by Crippen LogP contribution is 2.20.